The molecule has 0 radical (unpaired) electrons. The number of aromatic amines is 1. The van der Waals surface area contributed by atoms with Crippen molar-refractivity contribution in [1.29, 1.82) is 0 Å². The van der Waals surface area contributed by atoms with Crippen LogP contribution in [0.3, 0.4) is 0 Å². The molecule has 0 spiro atoms. The number of H-pyrrole nitrogens is 1. The Bertz CT molecular complexity index is 622. The van der Waals surface area contributed by atoms with Crippen molar-refractivity contribution in [3.63, 3.8) is 0 Å². The molecule has 0 fully saturated rings. The minimum absolute atomic E-state index is 0.0913. The van der Waals surface area contributed by atoms with E-state index in [0.717, 1.165) is 29.8 Å². The van der Waals surface area contributed by atoms with Crippen molar-refractivity contribution in [2.45, 2.75) is 26.7 Å². The summed E-state index contributed by atoms with van der Waals surface area (Å²) in [7, 11) is 1.76. The largest absolute Gasteiger partial charge is 0.492 e. The molecule has 1 N–H and O–H groups in total. The Kier molecular flexibility index (Phi) is 5.58. The number of amides is 1. The topological polar surface area (TPSA) is 58.2 Å². The highest BCUT2D eigenvalue weighted by Crippen LogP contribution is 2.12. The molecule has 1 amide bonds. The first-order valence-electron chi connectivity index (χ1n) is 7.59. The maximum absolute atomic E-state index is 12.2. The van der Waals surface area contributed by atoms with Crippen LogP contribution in [0.1, 0.15) is 35.1 Å². The molecule has 5 heteroatoms. The molecule has 22 heavy (non-hydrogen) atoms. The fourth-order valence-electron chi connectivity index (χ4n) is 2.17. The predicted octanol–water partition coefficient (Wildman–Crippen LogP) is 2.82. The van der Waals surface area contributed by atoms with Gasteiger partial charge in [-0.3, -0.25) is 9.89 Å². The van der Waals surface area contributed by atoms with Gasteiger partial charge in [-0.25, -0.2) is 0 Å². The van der Waals surface area contributed by atoms with E-state index in [1.807, 2.05) is 37.3 Å². The maximum atomic E-state index is 12.2. The summed E-state index contributed by atoms with van der Waals surface area (Å²) in [6, 6.07) is 9.70. The summed E-state index contributed by atoms with van der Waals surface area (Å²) in [5, 5.41) is 6.98. The summed E-state index contributed by atoms with van der Waals surface area (Å²) in [5.41, 5.74) is 2.61. The van der Waals surface area contributed by atoms with E-state index in [9.17, 15) is 4.79 Å². The van der Waals surface area contributed by atoms with Crippen LogP contribution in [0.15, 0.2) is 30.3 Å². The molecule has 5 nitrogen and oxygen atoms in total. The molecule has 0 saturated carbocycles. The van der Waals surface area contributed by atoms with Gasteiger partial charge in [0.05, 0.1) is 6.54 Å². The van der Waals surface area contributed by atoms with Crippen LogP contribution in [-0.4, -0.2) is 41.2 Å². The van der Waals surface area contributed by atoms with Crippen LogP contribution in [0, 0.1) is 6.92 Å². The molecule has 0 aliphatic carbocycles. The van der Waals surface area contributed by atoms with Crippen LogP contribution >= 0.6 is 0 Å². The number of aryl methyl sites for hydroxylation is 2. The van der Waals surface area contributed by atoms with Crippen LogP contribution in [0.2, 0.25) is 0 Å². The molecule has 0 saturated heterocycles. The predicted molar refractivity (Wildman–Crippen MR) is 86.2 cm³/mol. The molecule has 1 aromatic heterocycles. The number of rotatable bonds is 7. The standard InChI is InChI=1S/C17H23N3O2/c1-4-6-14-12-16(19-18-14)17(21)20(3)9-10-22-15-8-5-7-13(2)11-15/h5,7-8,11-12H,4,6,9-10H2,1-3H3,(H,18,19). The fourth-order valence-corrected chi connectivity index (χ4v) is 2.17. The third-order valence-corrected chi connectivity index (χ3v) is 3.40. The van der Waals surface area contributed by atoms with Crippen molar-refractivity contribution in [3.8, 4) is 5.75 Å². The van der Waals surface area contributed by atoms with Gasteiger partial charge in [-0.1, -0.05) is 25.5 Å². The van der Waals surface area contributed by atoms with Crippen LogP contribution in [0.25, 0.3) is 0 Å². The second kappa shape index (κ2) is 7.64. The quantitative estimate of drug-likeness (QED) is 0.855. The summed E-state index contributed by atoms with van der Waals surface area (Å²) in [5.74, 6) is 0.734. The Labute approximate surface area is 131 Å². The van der Waals surface area contributed by atoms with E-state index in [-0.39, 0.29) is 5.91 Å². The minimum Gasteiger partial charge on any atom is -0.492 e. The highest BCUT2D eigenvalue weighted by Gasteiger charge is 2.15. The number of carbonyl (C=O) groups excluding carboxylic acids is 1. The zero-order valence-electron chi connectivity index (χ0n) is 13.4. The van der Waals surface area contributed by atoms with E-state index >= 15 is 0 Å². The SMILES string of the molecule is CCCc1cc(C(=O)N(C)CCOc2cccc(C)c2)n[nH]1. The summed E-state index contributed by atoms with van der Waals surface area (Å²) in [4.78, 5) is 13.9. The molecule has 2 aromatic rings. The van der Waals surface area contributed by atoms with Crippen molar-refractivity contribution in [1.82, 2.24) is 15.1 Å². The molecule has 0 aliphatic rings. The molecule has 1 aromatic carbocycles. The van der Waals surface area contributed by atoms with Gasteiger partial charge in [0, 0.05) is 12.7 Å². The van der Waals surface area contributed by atoms with Gasteiger partial charge >= 0.3 is 0 Å². The van der Waals surface area contributed by atoms with Crippen molar-refractivity contribution >= 4 is 5.91 Å². The molecule has 0 unspecified atom stereocenters. The lowest BCUT2D eigenvalue weighted by Crippen LogP contribution is -2.31. The Hall–Kier alpha value is -2.30. The summed E-state index contributed by atoms with van der Waals surface area (Å²) < 4.78 is 5.67. The first-order valence-corrected chi connectivity index (χ1v) is 7.59. The second-order valence-corrected chi connectivity index (χ2v) is 5.42. The second-order valence-electron chi connectivity index (χ2n) is 5.42. The van der Waals surface area contributed by atoms with E-state index in [2.05, 4.69) is 17.1 Å². The first kappa shape index (κ1) is 16.1. The number of hydrogen-bond donors (Lipinski definition) is 1. The third-order valence-electron chi connectivity index (χ3n) is 3.40. The molecular weight excluding hydrogens is 278 g/mol. The van der Waals surface area contributed by atoms with Crippen LogP contribution in [0.4, 0.5) is 0 Å². The average Bonchev–Trinajstić information content (AvgIpc) is 2.95. The molecule has 0 atom stereocenters. The van der Waals surface area contributed by atoms with Gasteiger partial charge in [0.2, 0.25) is 0 Å². The van der Waals surface area contributed by atoms with Crippen molar-refractivity contribution in [3.05, 3.63) is 47.3 Å². The molecule has 1 heterocycles. The molecule has 0 aliphatic heterocycles. The van der Waals surface area contributed by atoms with Gasteiger partial charge < -0.3 is 9.64 Å². The number of benzene rings is 1. The van der Waals surface area contributed by atoms with Crippen molar-refractivity contribution in [2.24, 2.45) is 0 Å². The van der Waals surface area contributed by atoms with Gasteiger partial charge in [-0.05, 0) is 37.1 Å². The Morgan fingerprint density at radius 1 is 1.36 bits per heavy atom. The normalized spacial score (nSPS) is 10.5. The smallest absolute Gasteiger partial charge is 0.274 e. The Morgan fingerprint density at radius 2 is 2.18 bits per heavy atom. The molecule has 2 rings (SSSR count). The number of hydrogen-bond acceptors (Lipinski definition) is 3. The molecular formula is C17H23N3O2. The number of likely N-dealkylation sites (N-methyl/N-ethyl adjacent to an activating group) is 1. The zero-order chi connectivity index (χ0) is 15.9. The van der Waals surface area contributed by atoms with Crippen LogP contribution < -0.4 is 4.74 Å². The minimum atomic E-state index is -0.0913. The lowest BCUT2D eigenvalue weighted by atomic mass is 10.2. The van der Waals surface area contributed by atoms with E-state index < -0.39 is 0 Å². The Balaban J connectivity index is 1.83. The van der Waals surface area contributed by atoms with E-state index in [1.54, 1.807) is 11.9 Å². The van der Waals surface area contributed by atoms with Gasteiger partial charge in [-0.2, -0.15) is 5.10 Å². The van der Waals surface area contributed by atoms with E-state index in [4.69, 9.17) is 4.74 Å². The highest BCUT2D eigenvalue weighted by molar-refractivity contribution is 5.92. The highest BCUT2D eigenvalue weighted by atomic mass is 16.5. The van der Waals surface area contributed by atoms with Crippen molar-refractivity contribution in [2.75, 3.05) is 20.2 Å². The number of carbonyl (C=O) groups is 1. The average molecular weight is 301 g/mol. The lowest BCUT2D eigenvalue weighted by molar-refractivity contribution is 0.0768. The van der Waals surface area contributed by atoms with Crippen molar-refractivity contribution < 1.29 is 9.53 Å². The van der Waals surface area contributed by atoms with Gasteiger partial charge in [0.15, 0.2) is 0 Å². The number of nitrogens with one attached hydrogen (secondary N) is 1. The van der Waals surface area contributed by atoms with E-state index in [1.165, 1.54) is 0 Å². The maximum Gasteiger partial charge on any atom is 0.274 e. The summed E-state index contributed by atoms with van der Waals surface area (Å²) in [6.45, 7) is 5.09. The lowest BCUT2D eigenvalue weighted by Gasteiger charge is -2.16. The fraction of sp³-hybridized carbons (Fsp3) is 0.412. The monoisotopic (exact) mass is 301 g/mol. The molecule has 0 bridgehead atoms. The van der Waals surface area contributed by atoms with Gasteiger partial charge in [0.25, 0.3) is 5.91 Å². The van der Waals surface area contributed by atoms with Gasteiger partial charge in [0.1, 0.15) is 18.1 Å². The number of aromatic nitrogens is 2. The summed E-state index contributed by atoms with van der Waals surface area (Å²) in [6.07, 6.45) is 1.93. The van der Waals surface area contributed by atoms with E-state index in [0.29, 0.717) is 18.8 Å². The van der Waals surface area contributed by atoms with Crippen LogP contribution in [0.5, 0.6) is 5.75 Å². The third kappa shape index (κ3) is 4.35. The van der Waals surface area contributed by atoms with Gasteiger partial charge in [-0.15, -0.1) is 0 Å². The summed E-state index contributed by atoms with van der Waals surface area (Å²) >= 11 is 0. The first-order chi connectivity index (χ1) is 10.6. The molecule has 118 valence electrons. The Morgan fingerprint density at radius 3 is 2.91 bits per heavy atom. The number of nitrogens with zero attached hydrogens (tertiary/aromatic N) is 2. The van der Waals surface area contributed by atoms with Crippen LogP contribution in [-0.2, 0) is 6.42 Å². The number of ether oxygens (including phenoxy) is 1. The zero-order valence-corrected chi connectivity index (χ0v) is 13.4.